The topological polar surface area (TPSA) is 29.5 Å². The van der Waals surface area contributed by atoms with Gasteiger partial charge in [0, 0.05) is 5.41 Å². The second-order valence-electron chi connectivity index (χ2n) is 5.89. The monoisotopic (exact) mass is 224 g/mol. The molecule has 0 radical (unpaired) electrons. The first-order valence-electron chi connectivity index (χ1n) is 6.54. The predicted molar refractivity (Wildman–Crippen MR) is 65.3 cm³/mol. The number of aliphatic hydroxyl groups excluding tert-OH is 1. The fraction of sp³-hybridized carbons (Fsp3) is 0.857. The van der Waals surface area contributed by atoms with Crippen LogP contribution >= 0.6 is 0 Å². The highest BCUT2D eigenvalue weighted by atomic mass is 16.5. The van der Waals surface area contributed by atoms with Crippen LogP contribution in [0.4, 0.5) is 0 Å². The third kappa shape index (κ3) is 2.33. The molecule has 16 heavy (non-hydrogen) atoms. The van der Waals surface area contributed by atoms with Gasteiger partial charge < -0.3 is 9.84 Å². The van der Waals surface area contributed by atoms with E-state index in [1.54, 1.807) is 0 Å². The molecule has 1 aliphatic carbocycles. The van der Waals surface area contributed by atoms with Crippen molar-refractivity contribution in [1.29, 1.82) is 0 Å². The fourth-order valence-electron chi connectivity index (χ4n) is 3.16. The summed E-state index contributed by atoms with van der Waals surface area (Å²) in [5.74, 6) is 0. The average Bonchev–Trinajstić information content (AvgIpc) is 2.90. The van der Waals surface area contributed by atoms with Gasteiger partial charge in [0.1, 0.15) is 0 Å². The molecule has 0 bridgehead atoms. The number of aliphatic hydroxyl groups is 1. The molecule has 1 heterocycles. The highest BCUT2D eigenvalue weighted by Gasteiger charge is 2.43. The number of ether oxygens (including phenoxy) is 1. The maximum atomic E-state index is 9.38. The van der Waals surface area contributed by atoms with Gasteiger partial charge in [0.15, 0.2) is 0 Å². The second-order valence-corrected chi connectivity index (χ2v) is 5.89. The van der Waals surface area contributed by atoms with Crippen molar-refractivity contribution in [2.45, 2.75) is 63.6 Å². The van der Waals surface area contributed by atoms with Crippen LogP contribution in [0, 0.1) is 5.41 Å². The van der Waals surface area contributed by atoms with E-state index in [0.29, 0.717) is 6.10 Å². The molecule has 0 aromatic carbocycles. The lowest BCUT2D eigenvalue weighted by molar-refractivity contribution is -0.0518. The van der Waals surface area contributed by atoms with Gasteiger partial charge in [0.25, 0.3) is 0 Å². The van der Waals surface area contributed by atoms with Crippen molar-refractivity contribution in [3.05, 3.63) is 12.7 Å². The summed E-state index contributed by atoms with van der Waals surface area (Å²) in [6.07, 6.45) is 10.6. The van der Waals surface area contributed by atoms with Gasteiger partial charge in [0.05, 0.1) is 18.3 Å². The minimum absolute atomic E-state index is 0.170. The maximum Gasteiger partial charge on any atom is 0.0687 e. The zero-order chi connectivity index (χ0) is 11.6. The van der Waals surface area contributed by atoms with Crippen LogP contribution in [-0.2, 0) is 4.74 Å². The first-order valence-corrected chi connectivity index (χ1v) is 6.54. The molecule has 2 aliphatic rings. The zero-order valence-corrected chi connectivity index (χ0v) is 10.4. The van der Waals surface area contributed by atoms with Crippen LogP contribution < -0.4 is 0 Å². The molecular weight excluding hydrogens is 200 g/mol. The summed E-state index contributed by atoms with van der Waals surface area (Å²) in [7, 11) is 0. The Balaban J connectivity index is 1.91. The Kier molecular flexibility index (Phi) is 3.41. The van der Waals surface area contributed by atoms with Crippen LogP contribution in [-0.4, -0.2) is 23.4 Å². The fourth-order valence-corrected chi connectivity index (χ4v) is 3.16. The van der Waals surface area contributed by atoms with Gasteiger partial charge in [-0.25, -0.2) is 0 Å². The minimum Gasteiger partial charge on any atom is -0.395 e. The smallest absolute Gasteiger partial charge is 0.0687 e. The third-order valence-electron chi connectivity index (χ3n) is 4.40. The molecule has 1 saturated heterocycles. The summed E-state index contributed by atoms with van der Waals surface area (Å²) < 4.78 is 6.25. The lowest BCUT2D eigenvalue weighted by atomic mass is 9.84. The Hall–Kier alpha value is -0.340. The van der Waals surface area contributed by atoms with E-state index in [2.05, 4.69) is 13.5 Å². The molecule has 0 amide bonds. The molecular formula is C14H24O2. The van der Waals surface area contributed by atoms with E-state index in [0.717, 1.165) is 12.8 Å². The summed E-state index contributed by atoms with van der Waals surface area (Å²) in [5.41, 5.74) is 0.0387. The zero-order valence-electron chi connectivity index (χ0n) is 10.4. The molecule has 2 nitrogen and oxygen atoms in total. The van der Waals surface area contributed by atoms with Crippen LogP contribution in [0.1, 0.15) is 51.9 Å². The molecule has 1 aliphatic heterocycles. The number of hydrogen-bond acceptors (Lipinski definition) is 2. The molecule has 92 valence electrons. The molecule has 2 fully saturated rings. The molecule has 0 aromatic rings. The van der Waals surface area contributed by atoms with E-state index in [1.807, 2.05) is 6.08 Å². The summed E-state index contributed by atoms with van der Waals surface area (Å²) in [6.45, 7) is 6.05. The van der Waals surface area contributed by atoms with Gasteiger partial charge in [-0.3, -0.25) is 0 Å². The molecule has 1 saturated carbocycles. The van der Waals surface area contributed by atoms with Gasteiger partial charge in [-0.1, -0.05) is 25.8 Å². The highest BCUT2D eigenvalue weighted by Crippen LogP contribution is 2.45. The van der Waals surface area contributed by atoms with Gasteiger partial charge in [0.2, 0.25) is 0 Å². The van der Waals surface area contributed by atoms with Gasteiger partial charge in [-0.2, -0.15) is 0 Å². The molecule has 2 heteroatoms. The van der Waals surface area contributed by atoms with Crippen molar-refractivity contribution in [3.8, 4) is 0 Å². The van der Waals surface area contributed by atoms with Crippen molar-refractivity contribution in [1.82, 2.24) is 0 Å². The van der Waals surface area contributed by atoms with E-state index in [4.69, 9.17) is 4.74 Å². The van der Waals surface area contributed by atoms with Crippen LogP contribution in [0.5, 0.6) is 0 Å². The van der Waals surface area contributed by atoms with Crippen LogP contribution in [0.3, 0.4) is 0 Å². The quantitative estimate of drug-likeness (QED) is 0.744. The van der Waals surface area contributed by atoms with Crippen LogP contribution in [0.2, 0.25) is 0 Å². The molecule has 2 unspecified atom stereocenters. The predicted octanol–water partition coefficient (Wildman–Crippen LogP) is 3.05. The lowest BCUT2D eigenvalue weighted by Crippen LogP contribution is -2.29. The van der Waals surface area contributed by atoms with Gasteiger partial charge in [-0.15, -0.1) is 6.58 Å². The van der Waals surface area contributed by atoms with E-state index in [1.165, 1.54) is 32.1 Å². The molecule has 1 N–H and O–H groups in total. The van der Waals surface area contributed by atoms with E-state index in [9.17, 15) is 5.11 Å². The summed E-state index contributed by atoms with van der Waals surface area (Å²) in [6, 6.07) is 0. The molecule has 2 atom stereocenters. The normalized spacial score (nSPS) is 31.8. The number of rotatable bonds is 4. The Labute approximate surface area is 98.7 Å². The molecule has 0 aromatic heterocycles. The van der Waals surface area contributed by atoms with Crippen LogP contribution in [0.25, 0.3) is 0 Å². The van der Waals surface area contributed by atoms with Crippen molar-refractivity contribution < 1.29 is 9.84 Å². The summed E-state index contributed by atoms with van der Waals surface area (Å²) in [4.78, 5) is 0. The van der Waals surface area contributed by atoms with Crippen LogP contribution in [0.15, 0.2) is 12.7 Å². The Morgan fingerprint density at radius 2 is 2.12 bits per heavy atom. The SMILES string of the molecule is C=CC(C)(CO)CC1CCC2(CCCC2)O1. The van der Waals surface area contributed by atoms with Crippen molar-refractivity contribution >= 4 is 0 Å². The van der Waals surface area contributed by atoms with Crippen molar-refractivity contribution in [2.24, 2.45) is 5.41 Å². The standard InChI is InChI=1S/C14H24O2/c1-3-13(2,11-15)10-12-6-9-14(16-12)7-4-5-8-14/h3,12,15H,1,4-11H2,2H3. The van der Waals surface area contributed by atoms with Crippen molar-refractivity contribution in [2.75, 3.05) is 6.61 Å². The molecule has 2 rings (SSSR count). The highest BCUT2D eigenvalue weighted by molar-refractivity contribution is 4.98. The first-order chi connectivity index (χ1) is 7.61. The number of hydrogen-bond donors (Lipinski definition) is 1. The second kappa shape index (κ2) is 4.50. The Morgan fingerprint density at radius 3 is 2.69 bits per heavy atom. The van der Waals surface area contributed by atoms with Gasteiger partial charge >= 0.3 is 0 Å². The van der Waals surface area contributed by atoms with E-state index < -0.39 is 0 Å². The Morgan fingerprint density at radius 1 is 1.44 bits per heavy atom. The van der Waals surface area contributed by atoms with E-state index >= 15 is 0 Å². The summed E-state index contributed by atoms with van der Waals surface area (Å²) >= 11 is 0. The maximum absolute atomic E-state index is 9.38. The van der Waals surface area contributed by atoms with Gasteiger partial charge in [-0.05, 0) is 32.1 Å². The summed E-state index contributed by atoms with van der Waals surface area (Å²) in [5, 5.41) is 9.38. The first kappa shape index (κ1) is 12.1. The third-order valence-corrected chi connectivity index (χ3v) is 4.40. The van der Waals surface area contributed by atoms with Crippen molar-refractivity contribution in [3.63, 3.8) is 0 Å². The Bertz CT molecular complexity index is 255. The largest absolute Gasteiger partial charge is 0.395 e. The van der Waals surface area contributed by atoms with E-state index in [-0.39, 0.29) is 17.6 Å². The molecule has 1 spiro atoms. The minimum atomic E-state index is -0.172. The lowest BCUT2D eigenvalue weighted by Gasteiger charge is -2.29. The average molecular weight is 224 g/mol.